The van der Waals surface area contributed by atoms with Gasteiger partial charge in [-0.1, -0.05) is 11.6 Å². The number of halogens is 1. The predicted molar refractivity (Wildman–Crippen MR) is 53.5 cm³/mol. The number of aliphatic hydroxyl groups is 1. The molecule has 1 aromatic heterocycles. The van der Waals surface area contributed by atoms with Gasteiger partial charge < -0.3 is 15.5 Å². The van der Waals surface area contributed by atoms with Crippen molar-refractivity contribution in [2.75, 3.05) is 11.9 Å². The lowest BCUT2D eigenvalue weighted by Crippen LogP contribution is -2.35. The van der Waals surface area contributed by atoms with Gasteiger partial charge in [-0.05, 0) is 13.8 Å². The standard InChI is InChI=1S/C8H12ClN3O2/c1-8(2,3-13)12-7-5(14)6(9)10-4-11-7/h4,13-14H,3H2,1-2H3,(H,10,11,12). The fraction of sp³-hybridized carbons (Fsp3) is 0.500. The molecular formula is C8H12ClN3O2. The van der Waals surface area contributed by atoms with Crippen LogP contribution in [0.1, 0.15) is 13.8 Å². The molecule has 0 unspecified atom stereocenters. The zero-order valence-electron chi connectivity index (χ0n) is 7.95. The number of anilines is 1. The zero-order chi connectivity index (χ0) is 10.8. The molecule has 0 aliphatic rings. The first kappa shape index (κ1) is 11.0. The van der Waals surface area contributed by atoms with Gasteiger partial charge in [-0.3, -0.25) is 0 Å². The molecule has 0 atom stereocenters. The van der Waals surface area contributed by atoms with E-state index in [0.29, 0.717) is 0 Å². The minimum Gasteiger partial charge on any atom is -0.502 e. The van der Waals surface area contributed by atoms with Crippen molar-refractivity contribution in [1.82, 2.24) is 9.97 Å². The zero-order valence-corrected chi connectivity index (χ0v) is 8.71. The molecule has 0 aliphatic carbocycles. The molecule has 78 valence electrons. The van der Waals surface area contributed by atoms with Crippen LogP contribution in [-0.2, 0) is 0 Å². The highest BCUT2D eigenvalue weighted by Crippen LogP contribution is 2.28. The summed E-state index contributed by atoms with van der Waals surface area (Å²) in [6, 6.07) is 0. The van der Waals surface area contributed by atoms with E-state index < -0.39 is 5.54 Å². The predicted octanol–water partition coefficient (Wildman–Crippen LogP) is 1.02. The molecule has 1 rings (SSSR count). The number of aliphatic hydroxyl groups excluding tert-OH is 1. The average molecular weight is 218 g/mol. The van der Waals surface area contributed by atoms with E-state index in [1.807, 2.05) is 0 Å². The van der Waals surface area contributed by atoms with E-state index in [0.717, 1.165) is 0 Å². The third kappa shape index (κ3) is 2.46. The Bertz CT molecular complexity index is 330. The van der Waals surface area contributed by atoms with Gasteiger partial charge >= 0.3 is 0 Å². The Labute approximate surface area is 86.8 Å². The normalized spacial score (nSPS) is 11.4. The van der Waals surface area contributed by atoms with E-state index >= 15 is 0 Å². The first-order chi connectivity index (χ1) is 6.46. The van der Waals surface area contributed by atoms with Crippen molar-refractivity contribution in [2.24, 2.45) is 0 Å². The van der Waals surface area contributed by atoms with Crippen LogP contribution in [0.15, 0.2) is 6.33 Å². The van der Waals surface area contributed by atoms with Crippen molar-refractivity contribution in [1.29, 1.82) is 0 Å². The van der Waals surface area contributed by atoms with E-state index in [1.54, 1.807) is 13.8 Å². The van der Waals surface area contributed by atoms with Gasteiger partial charge in [-0.15, -0.1) is 0 Å². The minimum atomic E-state index is -0.574. The summed E-state index contributed by atoms with van der Waals surface area (Å²) in [4.78, 5) is 7.40. The fourth-order valence-electron chi connectivity index (χ4n) is 0.809. The largest absolute Gasteiger partial charge is 0.502 e. The summed E-state index contributed by atoms with van der Waals surface area (Å²) in [5.41, 5.74) is -0.574. The topological polar surface area (TPSA) is 78.3 Å². The Hall–Kier alpha value is -1.07. The molecule has 0 radical (unpaired) electrons. The smallest absolute Gasteiger partial charge is 0.196 e. The summed E-state index contributed by atoms with van der Waals surface area (Å²) in [6.45, 7) is 3.44. The average Bonchev–Trinajstić information content (AvgIpc) is 2.13. The van der Waals surface area contributed by atoms with Crippen LogP contribution in [0.2, 0.25) is 5.15 Å². The van der Waals surface area contributed by atoms with Gasteiger partial charge in [-0.2, -0.15) is 0 Å². The third-order valence-electron chi connectivity index (χ3n) is 1.63. The first-order valence-corrected chi connectivity index (χ1v) is 4.42. The van der Waals surface area contributed by atoms with Gasteiger partial charge in [0.2, 0.25) is 0 Å². The number of nitrogens with zero attached hydrogens (tertiary/aromatic N) is 2. The highest BCUT2D eigenvalue weighted by Gasteiger charge is 2.19. The second-order valence-electron chi connectivity index (χ2n) is 3.53. The maximum absolute atomic E-state index is 9.46. The van der Waals surface area contributed by atoms with E-state index in [9.17, 15) is 5.11 Å². The van der Waals surface area contributed by atoms with Crippen LogP contribution in [0, 0.1) is 0 Å². The molecule has 14 heavy (non-hydrogen) atoms. The van der Waals surface area contributed by atoms with Gasteiger partial charge in [0.25, 0.3) is 0 Å². The fourth-order valence-corrected chi connectivity index (χ4v) is 0.942. The molecular weight excluding hydrogens is 206 g/mol. The Morgan fingerprint density at radius 3 is 2.71 bits per heavy atom. The minimum absolute atomic E-state index is 0.0174. The monoisotopic (exact) mass is 217 g/mol. The number of aromatic nitrogens is 2. The van der Waals surface area contributed by atoms with Crippen molar-refractivity contribution in [3.05, 3.63) is 11.5 Å². The molecule has 5 nitrogen and oxygen atoms in total. The summed E-state index contributed by atoms with van der Waals surface area (Å²) in [5, 5.41) is 21.3. The molecule has 1 aromatic rings. The summed E-state index contributed by atoms with van der Waals surface area (Å²) in [7, 11) is 0. The number of hydrogen-bond donors (Lipinski definition) is 3. The highest BCUT2D eigenvalue weighted by atomic mass is 35.5. The van der Waals surface area contributed by atoms with Crippen molar-refractivity contribution < 1.29 is 10.2 Å². The molecule has 1 heterocycles. The number of hydrogen-bond acceptors (Lipinski definition) is 5. The maximum Gasteiger partial charge on any atom is 0.196 e. The van der Waals surface area contributed by atoms with Crippen LogP contribution in [0.4, 0.5) is 5.82 Å². The number of aromatic hydroxyl groups is 1. The highest BCUT2D eigenvalue weighted by molar-refractivity contribution is 6.31. The number of nitrogens with one attached hydrogen (secondary N) is 1. The van der Waals surface area contributed by atoms with Crippen LogP contribution >= 0.6 is 11.6 Å². The quantitative estimate of drug-likeness (QED) is 0.659. The van der Waals surface area contributed by atoms with Crippen LogP contribution in [0.3, 0.4) is 0 Å². The maximum atomic E-state index is 9.46. The molecule has 0 bridgehead atoms. The van der Waals surface area contributed by atoms with Gasteiger partial charge in [0, 0.05) is 0 Å². The molecule has 0 aromatic carbocycles. The molecule has 0 amide bonds. The van der Waals surface area contributed by atoms with Crippen molar-refractivity contribution in [3.8, 4) is 5.75 Å². The SMILES string of the molecule is CC(C)(CO)Nc1ncnc(Cl)c1O. The molecule has 0 fully saturated rings. The molecule has 0 spiro atoms. The van der Waals surface area contributed by atoms with E-state index in [4.69, 9.17) is 16.7 Å². The van der Waals surface area contributed by atoms with Crippen molar-refractivity contribution in [3.63, 3.8) is 0 Å². The summed E-state index contributed by atoms with van der Waals surface area (Å²) in [6.07, 6.45) is 1.23. The Morgan fingerprint density at radius 2 is 2.14 bits per heavy atom. The summed E-state index contributed by atoms with van der Waals surface area (Å²) >= 11 is 5.58. The molecule has 0 saturated carbocycles. The summed E-state index contributed by atoms with van der Waals surface area (Å²) in [5.74, 6) is -0.000239. The second-order valence-corrected chi connectivity index (χ2v) is 3.89. The summed E-state index contributed by atoms with van der Waals surface area (Å²) < 4.78 is 0. The lowest BCUT2D eigenvalue weighted by atomic mass is 10.1. The number of rotatable bonds is 3. The van der Waals surface area contributed by atoms with Crippen molar-refractivity contribution >= 4 is 17.4 Å². The Kier molecular flexibility index (Phi) is 3.13. The van der Waals surface area contributed by atoms with E-state index in [2.05, 4.69) is 15.3 Å². The van der Waals surface area contributed by atoms with Crippen LogP contribution in [0.5, 0.6) is 5.75 Å². The van der Waals surface area contributed by atoms with E-state index in [-0.39, 0.29) is 23.3 Å². The van der Waals surface area contributed by atoms with Crippen LogP contribution in [0.25, 0.3) is 0 Å². The molecule has 6 heteroatoms. The van der Waals surface area contributed by atoms with Crippen LogP contribution in [-0.4, -0.2) is 32.3 Å². The second kappa shape index (κ2) is 3.98. The first-order valence-electron chi connectivity index (χ1n) is 4.05. The van der Waals surface area contributed by atoms with Gasteiger partial charge in [0.1, 0.15) is 6.33 Å². The Balaban J connectivity index is 2.92. The van der Waals surface area contributed by atoms with E-state index in [1.165, 1.54) is 6.33 Å². The molecule has 0 aliphatic heterocycles. The lowest BCUT2D eigenvalue weighted by Gasteiger charge is -2.24. The Morgan fingerprint density at radius 1 is 1.50 bits per heavy atom. The third-order valence-corrected chi connectivity index (χ3v) is 1.91. The molecule has 0 saturated heterocycles. The van der Waals surface area contributed by atoms with Gasteiger partial charge in [0.05, 0.1) is 12.1 Å². The molecule has 3 N–H and O–H groups in total. The van der Waals surface area contributed by atoms with Crippen LogP contribution < -0.4 is 5.32 Å². The van der Waals surface area contributed by atoms with Crippen molar-refractivity contribution in [2.45, 2.75) is 19.4 Å². The van der Waals surface area contributed by atoms with Gasteiger partial charge in [0.15, 0.2) is 16.7 Å². The van der Waals surface area contributed by atoms with Gasteiger partial charge in [-0.25, -0.2) is 9.97 Å². The lowest BCUT2D eigenvalue weighted by molar-refractivity contribution is 0.233.